The van der Waals surface area contributed by atoms with Gasteiger partial charge in [-0.15, -0.1) is 0 Å². The molecule has 2 heterocycles. The molecule has 0 saturated carbocycles. The number of carbonyl (C=O) groups is 2. The fourth-order valence-corrected chi connectivity index (χ4v) is 3.85. The van der Waals surface area contributed by atoms with Crippen molar-refractivity contribution in [1.29, 1.82) is 0 Å². The lowest BCUT2D eigenvalue weighted by molar-refractivity contribution is -0.119. The van der Waals surface area contributed by atoms with Crippen LogP contribution in [0.1, 0.15) is 51.9 Å². The molecular weight excluding hydrogens is 312 g/mol. The third kappa shape index (κ3) is 2.53. The van der Waals surface area contributed by atoms with Gasteiger partial charge in [0, 0.05) is 17.8 Å². The van der Waals surface area contributed by atoms with E-state index in [9.17, 15) is 9.59 Å². The van der Waals surface area contributed by atoms with Gasteiger partial charge in [-0.3, -0.25) is 9.59 Å². The Kier molecular flexibility index (Phi) is 3.64. The van der Waals surface area contributed by atoms with E-state index in [1.165, 1.54) is 5.56 Å². The summed E-state index contributed by atoms with van der Waals surface area (Å²) >= 11 is 0. The molecule has 0 fully saturated rings. The molecular formula is C21H22N2O2. The normalized spacial score (nSPS) is 18.3. The zero-order chi connectivity index (χ0) is 17.7. The van der Waals surface area contributed by atoms with Gasteiger partial charge in [-0.2, -0.15) is 0 Å². The Morgan fingerprint density at radius 3 is 2.72 bits per heavy atom. The van der Waals surface area contributed by atoms with E-state index >= 15 is 0 Å². The van der Waals surface area contributed by atoms with E-state index in [0.29, 0.717) is 5.56 Å². The van der Waals surface area contributed by atoms with Crippen molar-refractivity contribution in [3.05, 3.63) is 58.1 Å². The second kappa shape index (κ2) is 5.73. The molecule has 1 atom stereocenters. The number of benzene rings is 2. The van der Waals surface area contributed by atoms with Crippen LogP contribution in [-0.2, 0) is 11.2 Å². The SMILES string of the molecule is Cc1ccc(C(=O)Nc2cc3c4c(c2)[C@@H](C)C(=O)N4CCC3)cc1C. The molecule has 0 unspecified atom stereocenters. The van der Waals surface area contributed by atoms with Gasteiger partial charge < -0.3 is 10.2 Å². The van der Waals surface area contributed by atoms with Crippen molar-refractivity contribution >= 4 is 23.2 Å². The number of rotatable bonds is 2. The lowest BCUT2D eigenvalue weighted by atomic mass is 9.96. The number of nitrogens with one attached hydrogen (secondary N) is 1. The van der Waals surface area contributed by atoms with E-state index in [2.05, 4.69) is 5.32 Å². The largest absolute Gasteiger partial charge is 0.322 e. The molecule has 2 aliphatic rings. The highest BCUT2D eigenvalue weighted by molar-refractivity contribution is 6.08. The molecule has 2 aromatic rings. The molecule has 2 aliphatic heterocycles. The van der Waals surface area contributed by atoms with E-state index in [1.807, 2.05) is 56.0 Å². The van der Waals surface area contributed by atoms with Gasteiger partial charge in [0.25, 0.3) is 5.91 Å². The van der Waals surface area contributed by atoms with Crippen molar-refractivity contribution in [2.75, 3.05) is 16.8 Å². The summed E-state index contributed by atoms with van der Waals surface area (Å²) in [7, 11) is 0. The summed E-state index contributed by atoms with van der Waals surface area (Å²) in [6, 6.07) is 9.72. The summed E-state index contributed by atoms with van der Waals surface area (Å²) < 4.78 is 0. The fraction of sp³-hybridized carbons (Fsp3) is 0.333. The Bertz CT molecular complexity index is 901. The van der Waals surface area contributed by atoms with Crippen LogP contribution in [0.25, 0.3) is 0 Å². The van der Waals surface area contributed by atoms with Crippen molar-refractivity contribution in [3.8, 4) is 0 Å². The number of anilines is 2. The van der Waals surface area contributed by atoms with Gasteiger partial charge >= 0.3 is 0 Å². The first kappa shape index (κ1) is 15.9. The molecule has 0 bridgehead atoms. The Morgan fingerprint density at radius 1 is 1.16 bits per heavy atom. The van der Waals surface area contributed by atoms with Crippen molar-refractivity contribution < 1.29 is 9.59 Å². The molecule has 2 aromatic carbocycles. The lowest BCUT2D eigenvalue weighted by Gasteiger charge is -2.26. The van der Waals surface area contributed by atoms with Gasteiger partial charge in [0.15, 0.2) is 0 Å². The van der Waals surface area contributed by atoms with Crippen LogP contribution in [0.15, 0.2) is 30.3 Å². The van der Waals surface area contributed by atoms with Crippen LogP contribution in [0.3, 0.4) is 0 Å². The molecule has 0 saturated heterocycles. The van der Waals surface area contributed by atoms with Crippen LogP contribution in [-0.4, -0.2) is 18.4 Å². The van der Waals surface area contributed by atoms with Crippen LogP contribution in [0.5, 0.6) is 0 Å². The van der Waals surface area contributed by atoms with E-state index in [1.54, 1.807) is 0 Å². The van der Waals surface area contributed by atoms with Crippen LogP contribution in [0.4, 0.5) is 11.4 Å². The number of amides is 2. The molecule has 0 aliphatic carbocycles. The maximum atomic E-state index is 12.6. The van der Waals surface area contributed by atoms with Gasteiger partial charge in [0.05, 0.1) is 11.6 Å². The minimum Gasteiger partial charge on any atom is -0.322 e. The minimum atomic E-state index is -0.134. The predicted octanol–water partition coefficient (Wildman–Crippen LogP) is 3.95. The van der Waals surface area contributed by atoms with Crippen LogP contribution < -0.4 is 10.2 Å². The maximum Gasteiger partial charge on any atom is 0.255 e. The summed E-state index contributed by atoms with van der Waals surface area (Å²) in [6.45, 7) is 6.79. The third-order valence-corrected chi connectivity index (χ3v) is 5.45. The highest BCUT2D eigenvalue weighted by Gasteiger charge is 2.37. The number of carbonyl (C=O) groups excluding carboxylic acids is 2. The maximum absolute atomic E-state index is 12.6. The Hall–Kier alpha value is -2.62. The Morgan fingerprint density at radius 2 is 1.96 bits per heavy atom. The predicted molar refractivity (Wildman–Crippen MR) is 99.4 cm³/mol. The molecule has 128 valence electrons. The molecule has 0 radical (unpaired) electrons. The molecule has 4 heteroatoms. The van der Waals surface area contributed by atoms with E-state index in [4.69, 9.17) is 0 Å². The van der Waals surface area contributed by atoms with Crippen molar-refractivity contribution in [2.24, 2.45) is 0 Å². The second-order valence-corrected chi connectivity index (χ2v) is 7.14. The summed E-state index contributed by atoms with van der Waals surface area (Å²) in [4.78, 5) is 27.0. The average Bonchev–Trinajstić information content (AvgIpc) is 2.84. The van der Waals surface area contributed by atoms with Gasteiger partial charge in [-0.1, -0.05) is 6.07 Å². The highest BCUT2D eigenvalue weighted by Crippen LogP contribution is 2.44. The number of nitrogens with zero attached hydrogens (tertiary/aromatic N) is 1. The van der Waals surface area contributed by atoms with Crippen LogP contribution in [0, 0.1) is 13.8 Å². The summed E-state index contributed by atoms with van der Waals surface area (Å²) in [5.41, 5.74) is 6.99. The summed E-state index contributed by atoms with van der Waals surface area (Å²) in [6.07, 6.45) is 1.92. The smallest absolute Gasteiger partial charge is 0.255 e. The number of hydrogen-bond donors (Lipinski definition) is 1. The minimum absolute atomic E-state index is 0.111. The first-order valence-corrected chi connectivity index (χ1v) is 8.82. The first-order chi connectivity index (χ1) is 12.0. The second-order valence-electron chi connectivity index (χ2n) is 7.14. The Balaban J connectivity index is 1.67. The fourth-order valence-electron chi connectivity index (χ4n) is 3.85. The van der Waals surface area contributed by atoms with Crippen LogP contribution >= 0.6 is 0 Å². The summed E-state index contributed by atoms with van der Waals surface area (Å²) in [5.74, 6) is -0.0706. The molecule has 0 spiro atoms. The first-order valence-electron chi connectivity index (χ1n) is 8.82. The lowest BCUT2D eigenvalue weighted by Crippen LogP contribution is -2.32. The number of hydrogen-bond acceptors (Lipinski definition) is 2. The van der Waals surface area contributed by atoms with Gasteiger partial charge in [0.2, 0.25) is 5.91 Å². The monoisotopic (exact) mass is 334 g/mol. The van der Waals surface area contributed by atoms with Crippen molar-refractivity contribution in [1.82, 2.24) is 0 Å². The standard InChI is InChI=1S/C21H22N2O2/c1-12-6-7-16(9-13(12)2)20(24)22-17-10-15-5-4-8-23-19(15)18(11-17)14(3)21(23)25/h6-7,9-11,14H,4-5,8H2,1-3H3,(H,22,24)/t14-/m1/s1. The van der Waals surface area contributed by atoms with Gasteiger partial charge in [0.1, 0.15) is 0 Å². The average molecular weight is 334 g/mol. The molecule has 0 aromatic heterocycles. The van der Waals surface area contributed by atoms with Crippen LogP contribution in [0.2, 0.25) is 0 Å². The quantitative estimate of drug-likeness (QED) is 0.904. The zero-order valence-electron chi connectivity index (χ0n) is 14.8. The third-order valence-electron chi connectivity index (χ3n) is 5.45. The topological polar surface area (TPSA) is 49.4 Å². The van der Waals surface area contributed by atoms with Gasteiger partial charge in [-0.05, 0) is 80.1 Å². The molecule has 1 N–H and O–H groups in total. The highest BCUT2D eigenvalue weighted by atomic mass is 16.2. The molecule has 25 heavy (non-hydrogen) atoms. The molecule has 4 nitrogen and oxygen atoms in total. The van der Waals surface area contributed by atoms with Crippen molar-refractivity contribution in [3.63, 3.8) is 0 Å². The van der Waals surface area contributed by atoms with E-state index in [-0.39, 0.29) is 17.7 Å². The van der Waals surface area contributed by atoms with E-state index < -0.39 is 0 Å². The summed E-state index contributed by atoms with van der Waals surface area (Å²) in [5, 5.41) is 3.01. The van der Waals surface area contributed by atoms with Gasteiger partial charge in [-0.25, -0.2) is 0 Å². The Labute approximate surface area is 147 Å². The van der Waals surface area contributed by atoms with Crippen molar-refractivity contribution in [2.45, 2.75) is 39.5 Å². The zero-order valence-corrected chi connectivity index (χ0v) is 14.8. The molecule has 4 rings (SSSR count). The van der Waals surface area contributed by atoms with E-state index in [0.717, 1.165) is 47.5 Å². The molecule has 2 amide bonds. The number of aryl methyl sites for hydroxylation is 3.